The number of rotatable bonds is 4. The summed E-state index contributed by atoms with van der Waals surface area (Å²) in [5, 5.41) is -0.293. The van der Waals surface area contributed by atoms with Crippen molar-refractivity contribution >= 4 is 21.8 Å². The van der Waals surface area contributed by atoms with E-state index in [1.54, 1.807) is 16.7 Å². The highest BCUT2D eigenvalue weighted by Crippen LogP contribution is 2.22. The van der Waals surface area contributed by atoms with E-state index in [0.717, 1.165) is 0 Å². The van der Waals surface area contributed by atoms with E-state index >= 15 is 0 Å². The fourth-order valence-electron chi connectivity index (χ4n) is 2.64. The first-order chi connectivity index (χ1) is 11.2. The molecule has 1 aliphatic rings. The summed E-state index contributed by atoms with van der Waals surface area (Å²) in [6.07, 6.45) is 1.25. The average molecular weight is 355 g/mol. The third-order valence-corrected chi connectivity index (χ3v) is 5.30. The van der Waals surface area contributed by atoms with Crippen LogP contribution in [0.25, 0.3) is 0 Å². The molecular formula is C15H21N3O5S. The van der Waals surface area contributed by atoms with Crippen LogP contribution in [0.2, 0.25) is 0 Å². The molecule has 0 unspecified atom stereocenters. The molecule has 0 saturated carbocycles. The zero-order chi connectivity index (χ0) is 18.1. The topological polar surface area (TPSA) is 99.9 Å². The number of nitrogens with zero attached hydrogens (tertiary/aromatic N) is 2. The normalized spacial score (nSPS) is 18.5. The van der Waals surface area contributed by atoms with Gasteiger partial charge in [0.2, 0.25) is 11.0 Å². The van der Waals surface area contributed by atoms with Crippen LogP contribution in [0.1, 0.15) is 23.0 Å². The highest BCUT2D eigenvalue weighted by molar-refractivity contribution is 7.89. The lowest BCUT2D eigenvalue weighted by molar-refractivity contribution is -0.128. The van der Waals surface area contributed by atoms with E-state index in [0.29, 0.717) is 19.6 Å². The molecule has 0 aliphatic carbocycles. The number of nitrogens with one attached hydrogen (secondary N) is 1. The average Bonchev–Trinajstić information content (AvgIpc) is 2.96. The van der Waals surface area contributed by atoms with E-state index in [2.05, 4.69) is 11.3 Å². The van der Waals surface area contributed by atoms with Gasteiger partial charge in [-0.2, -0.15) is 0 Å². The van der Waals surface area contributed by atoms with Crippen LogP contribution in [-0.4, -0.2) is 62.8 Å². The zero-order valence-electron chi connectivity index (χ0n) is 13.9. The molecule has 0 spiro atoms. The van der Waals surface area contributed by atoms with Gasteiger partial charge in [-0.3, -0.25) is 9.59 Å². The van der Waals surface area contributed by atoms with Crippen LogP contribution in [0.3, 0.4) is 0 Å². The van der Waals surface area contributed by atoms with Crippen LogP contribution in [-0.2, 0) is 14.8 Å². The van der Waals surface area contributed by atoms with Gasteiger partial charge < -0.3 is 14.2 Å². The molecule has 1 atom stereocenters. The van der Waals surface area contributed by atoms with Gasteiger partial charge >= 0.3 is 0 Å². The second-order valence-electron chi connectivity index (χ2n) is 5.58. The molecule has 2 rings (SSSR count). The minimum absolute atomic E-state index is 0.171. The summed E-state index contributed by atoms with van der Waals surface area (Å²) in [5.74, 6) is -0.242. The number of sulfonamides is 1. The van der Waals surface area contributed by atoms with Gasteiger partial charge in [-0.1, -0.05) is 6.58 Å². The maximum absolute atomic E-state index is 12.7. The predicted molar refractivity (Wildman–Crippen MR) is 87.0 cm³/mol. The number of hydrogen-bond donors (Lipinski definition) is 1. The fraction of sp³-hybridized carbons (Fsp3) is 0.467. The molecular weight excluding hydrogens is 334 g/mol. The van der Waals surface area contributed by atoms with Crippen molar-refractivity contribution in [3.05, 3.63) is 30.0 Å². The Hall–Kier alpha value is -2.13. The minimum atomic E-state index is -3.75. The van der Waals surface area contributed by atoms with Gasteiger partial charge in [0.25, 0.3) is 15.9 Å². The van der Waals surface area contributed by atoms with E-state index in [1.807, 2.05) is 6.92 Å². The summed E-state index contributed by atoms with van der Waals surface area (Å²) in [6, 6.07) is 1.03. The van der Waals surface area contributed by atoms with E-state index in [-0.39, 0.29) is 34.3 Å². The van der Waals surface area contributed by atoms with Gasteiger partial charge in [0.05, 0.1) is 5.56 Å². The summed E-state index contributed by atoms with van der Waals surface area (Å²) < 4.78 is 31.0. The van der Waals surface area contributed by atoms with Crippen molar-refractivity contribution in [3.63, 3.8) is 0 Å². The third-order valence-electron chi connectivity index (χ3n) is 4.03. The van der Waals surface area contributed by atoms with Gasteiger partial charge in [-0.15, -0.1) is 0 Å². The lowest BCUT2D eigenvalue weighted by Gasteiger charge is -2.39. The van der Waals surface area contributed by atoms with Crippen LogP contribution >= 0.6 is 0 Å². The first kappa shape index (κ1) is 18.2. The molecule has 2 amide bonds. The Morgan fingerprint density at radius 1 is 1.42 bits per heavy atom. The summed E-state index contributed by atoms with van der Waals surface area (Å²) in [7, 11) is -2.48. The van der Waals surface area contributed by atoms with Crippen LogP contribution in [0.4, 0.5) is 0 Å². The van der Waals surface area contributed by atoms with Crippen molar-refractivity contribution in [2.75, 3.05) is 26.7 Å². The molecule has 1 aliphatic heterocycles. The molecule has 132 valence electrons. The van der Waals surface area contributed by atoms with Gasteiger partial charge in [0.1, 0.15) is 5.76 Å². The number of aryl methyl sites for hydroxylation is 1. The molecule has 24 heavy (non-hydrogen) atoms. The molecule has 0 bridgehead atoms. The second kappa shape index (κ2) is 6.78. The Kier molecular flexibility index (Phi) is 5.14. The van der Waals surface area contributed by atoms with Gasteiger partial charge in [-0.05, 0) is 27.0 Å². The van der Waals surface area contributed by atoms with Crippen molar-refractivity contribution in [2.45, 2.75) is 25.0 Å². The summed E-state index contributed by atoms with van der Waals surface area (Å²) >= 11 is 0. The number of piperazine rings is 1. The van der Waals surface area contributed by atoms with E-state index in [9.17, 15) is 18.0 Å². The molecule has 1 saturated heterocycles. The molecule has 1 aromatic rings. The molecule has 8 nitrogen and oxygen atoms in total. The number of furan rings is 1. The number of hydrogen-bond acceptors (Lipinski definition) is 5. The molecule has 1 aromatic heterocycles. The molecule has 1 fully saturated rings. The Labute approximate surface area is 141 Å². The van der Waals surface area contributed by atoms with Crippen molar-refractivity contribution in [3.8, 4) is 0 Å². The highest BCUT2D eigenvalue weighted by Gasteiger charge is 2.32. The van der Waals surface area contributed by atoms with Crippen LogP contribution in [0, 0.1) is 6.92 Å². The number of carbonyl (C=O) groups is 2. The van der Waals surface area contributed by atoms with E-state index in [4.69, 9.17) is 4.42 Å². The van der Waals surface area contributed by atoms with Crippen molar-refractivity contribution in [1.29, 1.82) is 0 Å². The molecule has 1 N–H and O–H groups in total. The van der Waals surface area contributed by atoms with Crippen LogP contribution < -0.4 is 4.72 Å². The zero-order valence-corrected chi connectivity index (χ0v) is 14.7. The lowest BCUT2D eigenvalue weighted by atomic mass is 10.1. The highest BCUT2D eigenvalue weighted by atomic mass is 32.2. The van der Waals surface area contributed by atoms with Crippen molar-refractivity contribution < 1.29 is 22.4 Å². The molecule has 0 radical (unpaired) electrons. The Morgan fingerprint density at radius 3 is 2.62 bits per heavy atom. The Balaban J connectivity index is 2.21. The van der Waals surface area contributed by atoms with Gasteiger partial charge in [0.15, 0.2) is 0 Å². The Morgan fingerprint density at radius 2 is 2.08 bits per heavy atom. The summed E-state index contributed by atoms with van der Waals surface area (Å²) in [6.45, 7) is 8.00. The monoisotopic (exact) mass is 355 g/mol. The lowest BCUT2D eigenvalue weighted by Crippen LogP contribution is -2.55. The molecule has 0 aromatic carbocycles. The molecule has 2 heterocycles. The summed E-state index contributed by atoms with van der Waals surface area (Å²) in [4.78, 5) is 27.6. The second-order valence-corrected chi connectivity index (χ2v) is 7.40. The van der Waals surface area contributed by atoms with E-state index < -0.39 is 10.0 Å². The quantitative estimate of drug-likeness (QED) is 0.786. The predicted octanol–water partition coefficient (Wildman–Crippen LogP) is 0.355. The van der Waals surface area contributed by atoms with E-state index in [1.165, 1.54) is 19.2 Å². The maximum Gasteiger partial charge on any atom is 0.273 e. The number of amides is 2. The Bertz CT molecular complexity index is 768. The fourth-order valence-corrected chi connectivity index (χ4v) is 3.35. The first-order valence-corrected chi connectivity index (χ1v) is 8.96. The standard InChI is InChI=1S/C15H21N3O5S/c1-5-13(19)17-6-7-18(10(2)9-17)15(20)12-8-14(23-11(12)3)24(21,22)16-4/h5,8,10,16H,1,6-7,9H2,2-4H3/t10-/m0/s1. The summed E-state index contributed by atoms with van der Waals surface area (Å²) in [5.41, 5.74) is 0.208. The van der Waals surface area contributed by atoms with Gasteiger partial charge in [0, 0.05) is 31.7 Å². The smallest absolute Gasteiger partial charge is 0.273 e. The van der Waals surface area contributed by atoms with Crippen molar-refractivity contribution in [1.82, 2.24) is 14.5 Å². The van der Waals surface area contributed by atoms with Crippen LogP contribution in [0.15, 0.2) is 28.2 Å². The first-order valence-electron chi connectivity index (χ1n) is 7.47. The van der Waals surface area contributed by atoms with Gasteiger partial charge in [-0.25, -0.2) is 13.1 Å². The number of carbonyl (C=O) groups excluding carboxylic acids is 2. The third kappa shape index (κ3) is 3.36. The SMILES string of the molecule is C=CC(=O)N1CCN(C(=O)c2cc(S(=O)(=O)NC)oc2C)[C@@H](C)C1. The largest absolute Gasteiger partial charge is 0.448 e. The van der Waals surface area contributed by atoms with Crippen LogP contribution in [0.5, 0.6) is 0 Å². The minimum Gasteiger partial charge on any atom is -0.448 e. The molecule has 9 heteroatoms. The maximum atomic E-state index is 12.7. The van der Waals surface area contributed by atoms with Crippen molar-refractivity contribution in [2.24, 2.45) is 0 Å².